The van der Waals surface area contributed by atoms with E-state index in [0.717, 1.165) is 0 Å². The Morgan fingerprint density at radius 1 is 1.00 bits per heavy atom. The molecule has 0 saturated carbocycles. The molecule has 0 aliphatic carbocycles. The molecule has 0 aromatic rings. The topological polar surface area (TPSA) is 60.7 Å². The van der Waals surface area contributed by atoms with E-state index in [9.17, 15) is 0 Å². The molecule has 4 heteroatoms. The van der Waals surface area contributed by atoms with Gasteiger partial charge in [0.25, 0.3) is 0 Å². The summed E-state index contributed by atoms with van der Waals surface area (Å²) in [4.78, 5) is 0. The molecule has 0 aliphatic rings. The van der Waals surface area contributed by atoms with Gasteiger partial charge in [0.15, 0.2) is 0 Å². The van der Waals surface area contributed by atoms with Gasteiger partial charge < -0.3 is 15.3 Å². The predicted molar refractivity (Wildman–Crippen MR) is 56.5 cm³/mol. The van der Waals surface area contributed by atoms with Crippen molar-refractivity contribution in [2.24, 2.45) is 5.92 Å². The van der Waals surface area contributed by atoms with E-state index >= 15 is 0 Å². The Morgan fingerprint density at radius 3 is 1.69 bits per heavy atom. The minimum absolute atomic E-state index is 0.0158. The molecular weight excluding hydrogens is 187 g/mol. The van der Waals surface area contributed by atoms with E-state index in [-0.39, 0.29) is 31.1 Å². The first-order chi connectivity index (χ1) is 6.08. The first kappa shape index (κ1) is 13.3. The van der Waals surface area contributed by atoms with Crippen LogP contribution in [0.4, 0.5) is 0 Å². The van der Waals surface area contributed by atoms with Crippen molar-refractivity contribution in [2.45, 2.75) is 25.2 Å². The van der Waals surface area contributed by atoms with Crippen LogP contribution in [0.5, 0.6) is 0 Å². The largest absolute Gasteiger partial charge is 0.396 e. The molecule has 0 amide bonds. The summed E-state index contributed by atoms with van der Waals surface area (Å²) in [5.41, 5.74) is 0.175. The van der Waals surface area contributed by atoms with Crippen molar-refractivity contribution in [3.8, 4) is 0 Å². The molecule has 0 saturated heterocycles. The van der Waals surface area contributed by atoms with Crippen LogP contribution in [0.15, 0.2) is 0 Å². The van der Waals surface area contributed by atoms with Gasteiger partial charge >= 0.3 is 0 Å². The summed E-state index contributed by atoms with van der Waals surface area (Å²) < 4.78 is 0. The standard InChI is InChI=1S/C9H21O3P/c1-7(2)9(6-12)13(3)8(4-10)5-11/h7-12H,4-6H2,1-3H3. The van der Waals surface area contributed by atoms with E-state index in [0.29, 0.717) is 5.92 Å². The molecule has 0 radical (unpaired) electrons. The highest BCUT2D eigenvalue weighted by Crippen LogP contribution is 2.45. The molecular formula is C9H21O3P. The summed E-state index contributed by atoms with van der Waals surface area (Å²) in [6, 6.07) is 0. The highest BCUT2D eigenvalue weighted by Gasteiger charge is 2.25. The van der Waals surface area contributed by atoms with Crippen molar-refractivity contribution in [1.82, 2.24) is 0 Å². The highest BCUT2D eigenvalue weighted by atomic mass is 31.1. The summed E-state index contributed by atoms with van der Waals surface area (Å²) in [6.45, 7) is 6.34. The van der Waals surface area contributed by atoms with Crippen molar-refractivity contribution >= 4 is 7.92 Å². The van der Waals surface area contributed by atoms with Crippen LogP contribution in [0, 0.1) is 5.92 Å². The number of hydrogen-bond donors (Lipinski definition) is 3. The van der Waals surface area contributed by atoms with Crippen LogP contribution in [0.2, 0.25) is 0 Å². The second kappa shape index (κ2) is 6.72. The van der Waals surface area contributed by atoms with Crippen molar-refractivity contribution in [3.05, 3.63) is 0 Å². The zero-order valence-corrected chi connectivity index (χ0v) is 9.54. The SMILES string of the molecule is CC(C)C(CO)P(C)C(CO)CO. The molecule has 0 heterocycles. The van der Waals surface area contributed by atoms with Crippen LogP contribution in [0.1, 0.15) is 13.8 Å². The first-order valence-corrected chi connectivity index (χ1v) is 6.55. The van der Waals surface area contributed by atoms with E-state index in [1.54, 1.807) is 0 Å². The maximum atomic E-state index is 9.16. The molecule has 0 rings (SSSR count). The average molecular weight is 208 g/mol. The minimum Gasteiger partial charge on any atom is -0.396 e. The molecule has 0 bridgehead atoms. The van der Waals surface area contributed by atoms with E-state index < -0.39 is 7.92 Å². The van der Waals surface area contributed by atoms with Gasteiger partial charge in [-0.1, -0.05) is 21.8 Å². The molecule has 0 aromatic heterocycles. The fourth-order valence-corrected chi connectivity index (χ4v) is 3.65. The summed E-state index contributed by atoms with van der Waals surface area (Å²) >= 11 is 0. The second-order valence-electron chi connectivity index (χ2n) is 3.68. The van der Waals surface area contributed by atoms with Gasteiger partial charge in [-0.2, -0.15) is 0 Å². The van der Waals surface area contributed by atoms with Gasteiger partial charge in [0.2, 0.25) is 0 Å². The fourth-order valence-electron chi connectivity index (χ4n) is 1.40. The van der Waals surface area contributed by atoms with Gasteiger partial charge in [-0.05, 0) is 12.6 Å². The molecule has 80 valence electrons. The van der Waals surface area contributed by atoms with Crippen LogP contribution < -0.4 is 0 Å². The Labute approximate surface area is 81.5 Å². The number of aliphatic hydroxyl groups excluding tert-OH is 3. The quantitative estimate of drug-likeness (QED) is 0.556. The Bertz CT molecular complexity index is 126. The van der Waals surface area contributed by atoms with E-state index in [4.69, 9.17) is 15.3 Å². The predicted octanol–water partition coefficient (Wildman–Crippen LogP) is 0.468. The second-order valence-corrected chi connectivity index (χ2v) is 6.40. The maximum absolute atomic E-state index is 9.16. The Kier molecular flexibility index (Phi) is 6.88. The zero-order chi connectivity index (χ0) is 10.4. The van der Waals surface area contributed by atoms with Crippen LogP contribution in [-0.4, -0.2) is 53.1 Å². The molecule has 0 aromatic carbocycles. The third-order valence-electron chi connectivity index (χ3n) is 2.48. The van der Waals surface area contributed by atoms with Gasteiger partial charge in [-0.3, -0.25) is 0 Å². The third kappa shape index (κ3) is 3.90. The lowest BCUT2D eigenvalue weighted by atomic mass is 10.1. The molecule has 0 aliphatic heterocycles. The molecule has 2 unspecified atom stereocenters. The molecule has 3 N–H and O–H groups in total. The van der Waals surface area contributed by atoms with Crippen molar-refractivity contribution < 1.29 is 15.3 Å². The van der Waals surface area contributed by atoms with Gasteiger partial charge in [0, 0.05) is 11.3 Å². The Balaban J connectivity index is 4.24. The summed E-state index contributed by atoms with van der Waals surface area (Å²) in [6.07, 6.45) is 0. The molecule has 13 heavy (non-hydrogen) atoms. The molecule has 0 spiro atoms. The van der Waals surface area contributed by atoms with Crippen LogP contribution in [-0.2, 0) is 0 Å². The summed E-state index contributed by atoms with van der Waals surface area (Å²) in [5.74, 6) is 0.404. The van der Waals surface area contributed by atoms with Crippen molar-refractivity contribution in [1.29, 1.82) is 0 Å². The lowest BCUT2D eigenvalue weighted by molar-refractivity contribution is 0.223. The Morgan fingerprint density at radius 2 is 1.46 bits per heavy atom. The maximum Gasteiger partial charge on any atom is 0.0520 e. The molecule has 0 fully saturated rings. The third-order valence-corrected chi connectivity index (χ3v) is 5.76. The average Bonchev–Trinajstić information content (AvgIpc) is 2.07. The number of aliphatic hydroxyl groups is 3. The number of hydrogen-bond acceptors (Lipinski definition) is 3. The van der Waals surface area contributed by atoms with E-state index in [2.05, 4.69) is 13.8 Å². The van der Waals surface area contributed by atoms with Gasteiger partial charge in [-0.25, -0.2) is 0 Å². The van der Waals surface area contributed by atoms with Gasteiger partial charge in [-0.15, -0.1) is 0 Å². The molecule has 2 atom stereocenters. The van der Waals surface area contributed by atoms with Crippen molar-refractivity contribution in [3.63, 3.8) is 0 Å². The van der Waals surface area contributed by atoms with Gasteiger partial charge in [0.05, 0.1) is 19.8 Å². The molecule has 3 nitrogen and oxygen atoms in total. The van der Waals surface area contributed by atoms with E-state index in [1.165, 1.54) is 0 Å². The first-order valence-electron chi connectivity index (χ1n) is 4.63. The van der Waals surface area contributed by atoms with Crippen LogP contribution in [0.3, 0.4) is 0 Å². The fraction of sp³-hybridized carbons (Fsp3) is 1.00. The minimum atomic E-state index is -0.497. The normalized spacial score (nSPS) is 16.6. The monoisotopic (exact) mass is 208 g/mol. The Hall–Kier alpha value is 0.310. The van der Waals surface area contributed by atoms with Crippen LogP contribution in [0.25, 0.3) is 0 Å². The number of rotatable bonds is 6. The van der Waals surface area contributed by atoms with E-state index in [1.807, 2.05) is 6.66 Å². The lowest BCUT2D eigenvalue weighted by Crippen LogP contribution is -2.27. The van der Waals surface area contributed by atoms with Crippen LogP contribution >= 0.6 is 7.92 Å². The summed E-state index contributed by atoms with van der Waals surface area (Å²) in [7, 11) is -0.497. The lowest BCUT2D eigenvalue weighted by Gasteiger charge is -2.30. The highest BCUT2D eigenvalue weighted by molar-refractivity contribution is 7.58. The van der Waals surface area contributed by atoms with Gasteiger partial charge in [0.1, 0.15) is 0 Å². The van der Waals surface area contributed by atoms with Crippen molar-refractivity contribution in [2.75, 3.05) is 26.5 Å². The smallest absolute Gasteiger partial charge is 0.0520 e. The zero-order valence-electron chi connectivity index (χ0n) is 8.64. The summed E-state index contributed by atoms with van der Waals surface area (Å²) in [5, 5.41) is 27.2.